The van der Waals surface area contributed by atoms with Crippen LogP contribution < -0.4 is 14.2 Å². The number of aryl methyl sites for hydroxylation is 1. The van der Waals surface area contributed by atoms with Gasteiger partial charge in [0.2, 0.25) is 6.79 Å². The van der Waals surface area contributed by atoms with Gasteiger partial charge in [0, 0.05) is 36.0 Å². The Kier molecular flexibility index (Phi) is 3.49. The lowest BCUT2D eigenvalue weighted by Crippen LogP contribution is -2.74. The van der Waals surface area contributed by atoms with Crippen LogP contribution in [-0.2, 0) is 18.3 Å². The zero-order chi connectivity index (χ0) is 24.0. The van der Waals surface area contributed by atoms with Crippen molar-refractivity contribution in [3.8, 4) is 23.0 Å². The Bertz CT molecular complexity index is 1520. The monoisotopic (exact) mass is 484 g/mol. The number of aromatic hydroxyl groups is 1. The highest BCUT2D eigenvalue weighted by molar-refractivity contribution is 5.87. The molecule has 0 amide bonds. The minimum absolute atomic E-state index is 0.0148. The minimum atomic E-state index is -1.000. The van der Waals surface area contributed by atoms with E-state index in [9.17, 15) is 10.2 Å². The largest absolute Gasteiger partial charge is 0.504 e. The van der Waals surface area contributed by atoms with Gasteiger partial charge in [0.1, 0.15) is 0 Å². The number of ether oxygens (including phenoxy) is 3. The van der Waals surface area contributed by atoms with Gasteiger partial charge >= 0.3 is 0 Å². The van der Waals surface area contributed by atoms with Crippen LogP contribution in [0.1, 0.15) is 53.3 Å². The molecule has 184 valence electrons. The third-order valence-corrected chi connectivity index (χ3v) is 10.1. The van der Waals surface area contributed by atoms with E-state index in [2.05, 4.69) is 11.8 Å². The van der Waals surface area contributed by atoms with Crippen LogP contribution in [-0.4, -0.2) is 51.6 Å². The van der Waals surface area contributed by atoms with E-state index in [1.165, 1.54) is 18.4 Å². The van der Waals surface area contributed by atoms with E-state index < -0.39 is 17.1 Å². The minimum Gasteiger partial charge on any atom is -0.504 e. The fraction of sp³-hybridized carbons (Fsp3) is 0.483. The number of fused-ring (bicyclic) bond motifs is 4. The summed E-state index contributed by atoms with van der Waals surface area (Å²) >= 11 is 0. The van der Waals surface area contributed by atoms with E-state index in [4.69, 9.17) is 19.2 Å². The normalized spacial score (nSPS) is 32.8. The van der Waals surface area contributed by atoms with Crippen LogP contribution in [0.25, 0.3) is 10.9 Å². The fourth-order valence-electron chi connectivity index (χ4n) is 8.24. The maximum atomic E-state index is 12.9. The molecular weight excluding hydrogens is 456 g/mol. The van der Waals surface area contributed by atoms with Crippen LogP contribution in [0, 0.1) is 12.8 Å². The quantitative estimate of drug-likeness (QED) is 0.574. The van der Waals surface area contributed by atoms with Gasteiger partial charge in [0.15, 0.2) is 29.1 Å². The summed E-state index contributed by atoms with van der Waals surface area (Å²) in [7, 11) is 0. The SMILES string of the molecule is Cc1c2c(nc3cc4c(cc13)OCO4)[C@@H]1Oc3c(O)ccc4c3[C@@]13CCN(CC1CC1)[C@@H](C4)[C@]3(O)C2. The van der Waals surface area contributed by atoms with E-state index in [-0.39, 0.29) is 18.6 Å². The molecule has 6 aliphatic rings. The first-order chi connectivity index (χ1) is 17.5. The van der Waals surface area contributed by atoms with Gasteiger partial charge in [0.05, 0.1) is 22.2 Å². The first kappa shape index (κ1) is 20.1. The average Bonchev–Trinajstić information content (AvgIpc) is 3.43. The molecule has 0 radical (unpaired) electrons. The molecule has 36 heavy (non-hydrogen) atoms. The van der Waals surface area contributed by atoms with Crippen molar-refractivity contribution in [2.75, 3.05) is 19.9 Å². The molecule has 1 spiro atoms. The molecule has 2 aromatic carbocycles. The van der Waals surface area contributed by atoms with Gasteiger partial charge < -0.3 is 24.4 Å². The van der Waals surface area contributed by atoms with E-state index in [0.29, 0.717) is 17.9 Å². The zero-order valence-electron chi connectivity index (χ0n) is 20.2. The molecule has 7 heteroatoms. The Morgan fingerprint density at radius 2 is 2.00 bits per heavy atom. The van der Waals surface area contributed by atoms with Gasteiger partial charge in [-0.05, 0) is 73.9 Å². The third kappa shape index (κ3) is 2.18. The molecule has 0 unspecified atom stereocenters. The van der Waals surface area contributed by atoms with Crippen molar-refractivity contribution in [3.63, 3.8) is 0 Å². The Morgan fingerprint density at radius 3 is 2.83 bits per heavy atom. The van der Waals surface area contributed by atoms with Crippen LogP contribution >= 0.6 is 0 Å². The summed E-state index contributed by atoms with van der Waals surface area (Å²) < 4.78 is 18.0. The highest BCUT2D eigenvalue weighted by atomic mass is 16.7. The van der Waals surface area contributed by atoms with E-state index in [0.717, 1.165) is 70.9 Å². The number of nitrogens with zero attached hydrogens (tertiary/aromatic N) is 2. The second-order valence-electron chi connectivity index (χ2n) is 11.7. The number of phenols is 1. The zero-order valence-corrected chi connectivity index (χ0v) is 20.2. The highest BCUT2D eigenvalue weighted by Gasteiger charge is 2.73. The number of pyridine rings is 1. The average molecular weight is 485 g/mol. The second kappa shape index (κ2) is 6.26. The van der Waals surface area contributed by atoms with Gasteiger partial charge in [-0.2, -0.15) is 0 Å². The van der Waals surface area contributed by atoms with E-state index in [1.54, 1.807) is 6.07 Å². The van der Waals surface area contributed by atoms with Crippen LogP contribution in [0.4, 0.5) is 0 Å². The highest BCUT2D eigenvalue weighted by Crippen LogP contribution is 2.69. The van der Waals surface area contributed by atoms with Gasteiger partial charge in [-0.25, -0.2) is 4.98 Å². The number of likely N-dealkylation sites (tertiary alicyclic amines) is 1. The molecule has 3 aliphatic carbocycles. The smallest absolute Gasteiger partial charge is 0.231 e. The van der Waals surface area contributed by atoms with E-state index in [1.807, 2.05) is 18.2 Å². The summed E-state index contributed by atoms with van der Waals surface area (Å²) in [4.78, 5) is 7.74. The molecule has 3 aromatic rings. The maximum absolute atomic E-state index is 12.9. The molecule has 1 aromatic heterocycles. The lowest BCUT2D eigenvalue weighted by molar-refractivity contribution is -0.173. The van der Waals surface area contributed by atoms with Gasteiger partial charge in [-0.15, -0.1) is 0 Å². The lowest BCUT2D eigenvalue weighted by atomic mass is 9.48. The second-order valence-corrected chi connectivity index (χ2v) is 11.7. The van der Waals surface area contributed by atoms with Crippen molar-refractivity contribution in [2.45, 2.75) is 62.2 Å². The number of rotatable bonds is 2. The van der Waals surface area contributed by atoms with Crippen LogP contribution in [0.15, 0.2) is 24.3 Å². The predicted molar refractivity (Wildman–Crippen MR) is 131 cm³/mol. The molecule has 1 saturated heterocycles. The molecular formula is C29H28N2O5. The third-order valence-electron chi connectivity index (χ3n) is 10.1. The van der Waals surface area contributed by atoms with E-state index >= 15 is 0 Å². The number of hydrogen-bond acceptors (Lipinski definition) is 7. The number of piperidine rings is 1. The Morgan fingerprint density at radius 1 is 1.17 bits per heavy atom. The summed E-state index contributed by atoms with van der Waals surface area (Å²) in [5, 5.41) is 24.8. The van der Waals surface area contributed by atoms with Crippen LogP contribution in [0.5, 0.6) is 23.0 Å². The number of hydrogen-bond donors (Lipinski definition) is 2. The summed E-state index contributed by atoms with van der Waals surface area (Å²) in [6.07, 6.45) is 4.25. The molecule has 3 aliphatic heterocycles. The topological polar surface area (TPSA) is 84.3 Å². The summed E-state index contributed by atoms with van der Waals surface area (Å²) in [6, 6.07) is 7.79. The molecule has 1 saturated carbocycles. The van der Waals surface area contributed by atoms with Crippen molar-refractivity contribution in [2.24, 2.45) is 5.92 Å². The Balaban J connectivity index is 1.32. The van der Waals surface area contributed by atoms with Crippen molar-refractivity contribution in [3.05, 3.63) is 52.2 Å². The molecule has 7 nitrogen and oxygen atoms in total. The fourth-order valence-corrected chi connectivity index (χ4v) is 8.24. The predicted octanol–water partition coefficient (Wildman–Crippen LogP) is 3.68. The first-order valence-corrected chi connectivity index (χ1v) is 13.2. The number of benzene rings is 2. The number of aromatic nitrogens is 1. The number of aliphatic hydroxyl groups is 1. The summed E-state index contributed by atoms with van der Waals surface area (Å²) in [5.74, 6) is 2.90. The van der Waals surface area contributed by atoms with Crippen molar-refractivity contribution in [1.29, 1.82) is 0 Å². The summed E-state index contributed by atoms with van der Waals surface area (Å²) in [5.41, 5.74) is 4.52. The van der Waals surface area contributed by atoms with Crippen LogP contribution in [0.2, 0.25) is 0 Å². The number of phenolic OH excluding ortho intramolecular Hbond substituents is 1. The van der Waals surface area contributed by atoms with Gasteiger partial charge in [0.25, 0.3) is 0 Å². The molecule has 9 rings (SSSR count). The van der Waals surface area contributed by atoms with Crippen molar-refractivity contribution < 1.29 is 24.4 Å². The standard InChI is InChI=1S/C29H28N2O5/c1-14-17-9-21-22(35-13-34-21)10-19(17)30-25-18(14)11-29(33)23-8-16-4-5-20(32)26-24(16)28(29,27(25)36-26)6-7-31(23)12-15-2-3-15/h4-5,9-10,15,23,27,32-33H,2-3,6-8,11-13H2,1H3/t23-,27-,28-,29+/m0/s1. The van der Waals surface area contributed by atoms with Crippen LogP contribution in [0.3, 0.4) is 0 Å². The van der Waals surface area contributed by atoms with Gasteiger partial charge in [-0.3, -0.25) is 4.90 Å². The molecule has 2 fully saturated rings. The Hall–Kier alpha value is -3.03. The Labute approximate surface area is 208 Å². The van der Waals surface area contributed by atoms with Gasteiger partial charge in [-0.1, -0.05) is 6.07 Å². The van der Waals surface area contributed by atoms with Crippen molar-refractivity contribution in [1.82, 2.24) is 9.88 Å². The molecule has 2 N–H and O–H groups in total. The molecule has 4 heterocycles. The van der Waals surface area contributed by atoms with Crippen molar-refractivity contribution >= 4 is 10.9 Å². The maximum Gasteiger partial charge on any atom is 0.231 e. The lowest BCUT2D eigenvalue weighted by Gasteiger charge is -2.63. The molecule has 2 bridgehead atoms. The summed E-state index contributed by atoms with van der Waals surface area (Å²) in [6.45, 7) is 4.32. The first-order valence-electron chi connectivity index (χ1n) is 13.2. The molecule has 4 atom stereocenters.